The molecule has 0 N–H and O–H groups in total. The zero-order valence-corrected chi connectivity index (χ0v) is 8.97. The molecule has 0 aromatic heterocycles. The van der Waals surface area contributed by atoms with E-state index in [9.17, 15) is 4.79 Å². The van der Waals surface area contributed by atoms with Gasteiger partial charge in [0.15, 0.2) is 0 Å². The molecule has 4 heteroatoms. The molecule has 74 valence electrons. The van der Waals surface area contributed by atoms with Crippen molar-refractivity contribution in [2.24, 2.45) is 0 Å². The van der Waals surface area contributed by atoms with Gasteiger partial charge < -0.3 is 4.74 Å². The molecule has 0 saturated carbocycles. The standard InChI is InChI=1S/C10H8Cl2O2/c1-14-10(13)5-2-7-6-8(11)3-4-9(7)12/h2-6H,1H3. The molecule has 0 bridgehead atoms. The Bertz CT molecular complexity index is 372. The lowest BCUT2D eigenvalue weighted by atomic mass is 10.2. The van der Waals surface area contributed by atoms with Crippen molar-refractivity contribution < 1.29 is 9.53 Å². The fourth-order valence-corrected chi connectivity index (χ4v) is 1.23. The molecule has 0 heterocycles. The van der Waals surface area contributed by atoms with Crippen LogP contribution in [-0.2, 0) is 9.53 Å². The van der Waals surface area contributed by atoms with Crippen LogP contribution in [0.15, 0.2) is 24.3 Å². The van der Waals surface area contributed by atoms with Crippen molar-refractivity contribution in [2.45, 2.75) is 0 Å². The second-order valence-corrected chi connectivity index (χ2v) is 3.37. The SMILES string of the molecule is COC(=O)C=Cc1cc(Cl)ccc1Cl. The molecule has 0 atom stereocenters. The first-order chi connectivity index (χ1) is 6.63. The zero-order chi connectivity index (χ0) is 10.6. The maximum atomic E-state index is 10.8. The maximum Gasteiger partial charge on any atom is 0.330 e. The summed E-state index contributed by atoms with van der Waals surface area (Å²) in [7, 11) is 1.31. The first-order valence-corrected chi connectivity index (χ1v) is 4.60. The van der Waals surface area contributed by atoms with Gasteiger partial charge in [0.05, 0.1) is 7.11 Å². The molecular weight excluding hydrogens is 223 g/mol. The van der Waals surface area contributed by atoms with Gasteiger partial charge in [-0.2, -0.15) is 0 Å². The van der Waals surface area contributed by atoms with Crippen LogP contribution < -0.4 is 0 Å². The second kappa shape index (κ2) is 5.03. The molecule has 2 nitrogen and oxygen atoms in total. The maximum absolute atomic E-state index is 10.8. The van der Waals surface area contributed by atoms with Crippen LogP contribution in [-0.4, -0.2) is 13.1 Å². The molecule has 1 aromatic rings. The van der Waals surface area contributed by atoms with Gasteiger partial charge in [0, 0.05) is 16.1 Å². The summed E-state index contributed by atoms with van der Waals surface area (Å²) in [5.41, 5.74) is 0.685. The molecule has 0 amide bonds. The Labute approximate surface area is 92.1 Å². The van der Waals surface area contributed by atoms with Gasteiger partial charge in [-0.05, 0) is 29.8 Å². The van der Waals surface area contributed by atoms with E-state index < -0.39 is 5.97 Å². The largest absolute Gasteiger partial charge is 0.466 e. The summed E-state index contributed by atoms with van der Waals surface area (Å²) >= 11 is 11.6. The topological polar surface area (TPSA) is 26.3 Å². The molecule has 0 aliphatic carbocycles. The Morgan fingerprint density at radius 3 is 2.79 bits per heavy atom. The lowest BCUT2D eigenvalue weighted by molar-refractivity contribution is -0.134. The molecule has 0 aliphatic heterocycles. The number of halogens is 2. The molecule has 14 heavy (non-hydrogen) atoms. The fraction of sp³-hybridized carbons (Fsp3) is 0.100. The first-order valence-electron chi connectivity index (χ1n) is 3.84. The number of hydrogen-bond acceptors (Lipinski definition) is 2. The number of methoxy groups -OCH3 is 1. The Morgan fingerprint density at radius 1 is 1.43 bits per heavy atom. The van der Waals surface area contributed by atoms with E-state index in [4.69, 9.17) is 23.2 Å². The van der Waals surface area contributed by atoms with E-state index >= 15 is 0 Å². The Kier molecular flexibility index (Phi) is 3.98. The highest BCUT2D eigenvalue weighted by molar-refractivity contribution is 6.34. The number of esters is 1. The van der Waals surface area contributed by atoms with E-state index in [2.05, 4.69) is 4.74 Å². The van der Waals surface area contributed by atoms with E-state index in [1.54, 1.807) is 24.3 Å². The van der Waals surface area contributed by atoms with Crippen LogP contribution in [0.1, 0.15) is 5.56 Å². The molecular formula is C10H8Cl2O2. The van der Waals surface area contributed by atoms with Crippen molar-refractivity contribution >= 4 is 35.2 Å². The van der Waals surface area contributed by atoms with Gasteiger partial charge in [0.1, 0.15) is 0 Å². The van der Waals surface area contributed by atoms with Crippen molar-refractivity contribution in [3.63, 3.8) is 0 Å². The number of benzene rings is 1. The summed E-state index contributed by atoms with van der Waals surface area (Å²) in [5, 5.41) is 1.11. The van der Waals surface area contributed by atoms with Gasteiger partial charge in [-0.3, -0.25) is 0 Å². The van der Waals surface area contributed by atoms with Gasteiger partial charge in [0.25, 0.3) is 0 Å². The number of hydrogen-bond donors (Lipinski definition) is 0. The van der Waals surface area contributed by atoms with Crippen LogP contribution in [0.5, 0.6) is 0 Å². The normalized spacial score (nSPS) is 10.5. The molecule has 1 rings (SSSR count). The Balaban J connectivity index is 2.90. The molecule has 0 saturated heterocycles. The second-order valence-electron chi connectivity index (χ2n) is 2.52. The van der Waals surface area contributed by atoms with Crippen LogP contribution in [0.2, 0.25) is 10.0 Å². The molecule has 0 fully saturated rings. The Morgan fingerprint density at radius 2 is 2.14 bits per heavy atom. The minimum atomic E-state index is -0.430. The van der Waals surface area contributed by atoms with Crippen LogP contribution in [0, 0.1) is 0 Å². The van der Waals surface area contributed by atoms with Crippen molar-refractivity contribution in [3.8, 4) is 0 Å². The fourth-order valence-electron chi connectivity index (χ4n) is 0.868. The highest BCUT2D eigenvalue weighted by Gasteiger charge is 1.98. The van der Waals surface area contributed by atoms with Gasteiger partial charge in [-0.25, -0.2) is 4.79 Å². The van der Waals surface area contributed by atoms with Crippen LogP contribution in [0.4, 0.5) is 0 Å². The molecule has 0 unspecified atom stereocenters. The Hall–Kier alpha value is -0.990. The van der Waals surface area contributed by atoms with Crippen molar-refractivity contribution in [3.05, 3.63) is 39.9 Å². The van der Waals surface area contributed by atoms with Gasteiger partial charge in [-0.15, -0.1) is 0 Å². The number of rotatable bonds is 2. The van der Waals surface area contributed by atoms with Gasteiger partial charge in [0.2, 0.25) is 0 Å². The van der Waals surface area contributed by atoms with Crippen molar-refractivity contribution in [1.82, 2.24) is 0 Å². The summed E-state index contributed by atoms with van der Waals surface area (Å²) < 4.78 is 4.44. The van der Waals surface area contributed by atoms with E-state index in [0.717, 1.165) is 0 Å². The van der Waals surface area contributed by atoms with Crippen LogP contribution in [0.25, 0.3) is 6.08 Å². The van der Waals surface area contributed by atoms with E-state index in [1.807, 2.05) is 0 Å². The third-order valence-corrected chi connectivity index (χ3v) is 2.14. The summed E-state index contributed by atoms with van der Waals surface area (Å²) in [6.45, 7) is 0. The minimum absolute atomic E-state index is 0.430. The third-order valence-electron chi connectivity index (χ3n) is 1.56. The quantitative estimate of drug-likeness (QED) is 0.577. The van der Waals surface area contributed by atoms with E-state index in [1.165, 1.54) is 13.2 Å². The number of ether oxygens (including phenoxy) is 1. The van der Waals surface area contributed by atoms with Gasteiger partial charge >= 0.3 is 5.97 Å². The molecule has 1 aromatic carbocycles. The molecule has 0 spiro atoms. The highest BCUT2D eigenvalue weighted by Crippen LogP contribution is 2.21. The summed E-state index contributed by atoms with van der Waals surface area (Å²) in [4.78, 5) is 10.8. The smallest absolute Gasteiger partial charge is 0.330 e. The highest BCUT2D eigenvalue weighted by atomic mass is 35.5. The summed E-state index contributed by atoms with van der Waals surface area (Å²) in [6.07, 6.45) is 2.84. The number of carbonyl (C=O) groups is 1. The minimum Gasteiger partial charge on any atom is -0.466 e. The summed E-state index contributed by atoms with van der Waals surface area (Å²) in [6, 6.07) is 5.02. The molecule has 0 radical (unpaired) electrons. The van der Waals surface area contributed by atoms with Crippen molar-refractivity contribution in [2.75, 3.05) is 7.11 Å². The van der Waals surface area contributed by atoms with Crippen molar-refractivity contribution in [1.29, 1.82) is 0 Å². The average molecular weight is 231 g/mol. The van der Waals surface area contributed by atoms with E-state index in [-0.39, 0.29) is 0 Å². The number of carbonyl (C=O) groups excluding carboxylic acids is 1. The zero-order valence-electron chi connectivity index (χ0n) is 7.46. The monoisotopic (exact) mass is 230 g/mol. The van der Waals surface area contributed by atoms with E-state index in [0.29, 0.717) is 15.6 Å². The predicted molar refractivity (Wildman–Crippen MR) is 57.5 cm³/mol. The lowest BCUT2D eigenvalue weighted by Crippen LogP contribution is -1.93. The van der Waals surface area contributed by atoms with Crippen LogP contribution in [0.3, 0.4) is 0 Å². The van der Waals surface area contributed by atoms with Gasteiger partial charge in [-0.1, -0.05) is 23.2 Å². The lowest BCUT2D eigenvalue weighted by Gasteiger charge is -1.98. The molecule has 0 aliphatic rings. The first kappa shape index (κ1) is 11.1. The predicted octanol–water partition coefficient (Wildman–Crippen LogP) is 3.18. The summed E-state index contributed by atoms with van der Waals surface area (Å²) in [5.74, 6) is -0.430. The average Bonchev–Trinajstić information content (AvgIpc) is 2.19. The third kappa shape index (κ3) is 3.05. The van der Waals surface area contributed by atoms with Crippen LogP contribution >= 0.6 is 23.2 Å².